The monoisotopic (exact) mass is 385 g/mol. The van der Waals surface area contributed by atoms with Gasteiger partial charge in [-0.15, -0.1) is 0 Å². The summed E-state index contributed by atoms with van der Waals surface area (Å²) in [7, 11) is -3.17. The van der Waals surface area contributed by atoms with Crippen LogP contribution in [0, 0.1) is 6.92 Å². The average molecular weight is 385 g/mol. The van der Waals surface area contributed by atoms with Crippen LogP contribution in [0.3, 0.4) is 0 Å². The molecule has 2 aliphatic heterocycles. The highest BCUT2D eigenvalue weighted by Crippen LogP contribution is 2.29. The van der Waals surface area contributed by atoms with Crippen molar-refractivity contribution in [1.29, 1.82) is 0 Å². The van der Waals surface area contributed by atoms with Crippen LogP contribution in [0.1, 0.15) is 21.6 Å². The van der Waals surface area contributed by atoms with Crippen molar-refractivity contribution in [2.75, 3.05) is 24.6 Å². The van der Waals surface area contributed by atoms with Gasteiger partial charge in [0.2, 0.25) is 0 Å². The van der Waals surface area contributed by atoms with E-state index >= 15 is 0 Å². The number of carbonyl (C=O) groups is 1. The standard InChI is InChI=1S/C20H23N3O3S/c1-15-5-4-6-16(11-15)12-22-9-10-23(19-14-27(25,26)13-18(19)22)20(24)17-7-2-3-8-21-17/h2-8,11,18-19H,9-10,12-14H2,1H3/t18-,19+/m1/s1. The van der Waals surface area contributed by atoms with Gasteiger partial charge in [0.05, 0.1) is 17.5 Å². The minimum absolute atomic E-state index is 0.0283. The van der Waals surface area contributed by atoms with Crippen molar-refractivity contribution in [2.24, 2.45) is 0 Å². The van der Waals surface area contributed by atoms with E-state index in [1.807, 2.05) is 6.07 Å². The molecule has 1 aromatic heterocycles. The number of rotatable bonds is 3. The lowest BCUT2D eigenvalue weighted by atomic mass is 10.0. The Morgan fingerprint density at radius 1 is 1.11 bits per heavy atom. The Morgan fingerprint density at radius 2 is 1.93 bits per heavy atom. The third kappa shape index (κ3) is 3.75. The van der Waals surface area contributed by atoms with Gasteiger partial charge in [-0.1, -0.05) is 35.9 Å². The molecule has 6 nitrogen and oxygen atoms in total. The van der Waals surface area contributed by atoms with Crippen LogP contribution >= 0.6 is 0 Å². The predicted molar refractivity (Wildman–Crippen MR) is 103 cm³/mol. The van der Waals surface area contributed by atoms with E-state index in [-0.39, 0.29) is 29.5 Å². The Morgan fingerprint density at radius 3 is 2.67 bits per heavy atom. The fourth-order valence-electron chi connectivity index (χ4n) is 4.15. The van der Waals surface area contributed by atoms with Crippen LogP contribution in [0.15, 0.2) is 48.7 Å². The molecule has 2 aliphatic rings. The van der Waals surface area contributed by atoms with Crippen LogP contribution in [0.4, 0.5) is 0 Å². The highest BCUT2D eigenvalue weighted by atomic mass is 32.2. The maximum atomic E-state index is 12.9. The van der Waals surface area contributed by atoms with Gasteiger partial charge < -0.3 is 4.90 Å². The Balaban J connectivity index is 1.59. The average Bonchev–Trinajstić information content (AvgIpc) is 2.98. The number of carbonyl (C=O) groups excluding carboxylic acids is 1. The molecule has 3 heterocycles. The smallest absolute Gasteiger partial charge is 0.272 e. The number of hydrogen-bond acceptors (Lipinski definition) is 5. The fourth-order valence-corrected chi connectivity index (χ4v) is 6.17. The molecule has 0 saturated carbocycles. The lowest BCUT2D eigenvalue weighted by Gasteiger charge is -2.43. The van der Waals surface area contributed by atoms with E-state index in [2.05, 4.69) is 35.0 Å². The number of amides is 1. The van der Waals surface area contributed by atoms with E-state index in [0.717, 1.165) is 0 Å². The first-order chi connectivity index (χ1) is 12.9. The van der Waals surface area contributed by atoms with E-state index in [9.17, 15) is 13.2 Å². The molecule has 1 amide bonds. The van der Waals surface area contributed by atoms with Gasteiger partial charge in [0.1, 0.15) is 5.69 Å². The summed E-state index contributed by atoms with van der Waals surface area (Å²) in [4.78, 5) is 21.0. The van der Waals surface area contributed by atoms with E-state index in [1.54, 1.807) is 29.3 Å². The summed E-state index contributed by atoms with van der Waals surface area (Å²) >= 11 is 0. The zero-order valence-corrected chi connectivity index (χ0v) is 16.1. The molecule has 2 aromatic rings. The van der Waals surface area contributed by atoms with Gasteiger partial charge in [0.25, 0.3) is 5.91 Å². The Hall–Kier alpha value is -2.25. The Kier molecular flexibility index (Phi) is 4.74. The number of sulfone groups is 1. The predicted octanol–water partition coefficient (Wildman–Crippen LogP) is 1.51. The van der Waals surface area contributed by atoms with Crippen molar-refractivity contribution in [3.05, 3.63) is 65.5 Å². The molecule has 0 unspecified atom stereocenters. The molecule has 2 atom stereocenters. The molecule has 142 valence electrons. The zero-order chi connectivity index (χ0) is 19.0. The summed E-state index contributed by atoms with van der Waals surface area (Å²) in [5.74, 6) is -0.0475. The number of hydrogen-bond donors (Lipinski definition) is 0. The molecule has 4 rings (SSSR count). The lowest BCUT2D eigenvalue weighted by Crippen LogP contribution is -2.60. The number of nitrogens with zero attached hydrogens (tertiary/aromatic N) is 3. The molecule has 0 N–H and O–H groups in total. The van der Waals surface area contributed by atoms with Crippen LogP contribution in [-0.4, -0.2) is 65.8 Å². The van der Waals surface area contributed by atoms with E-state index in [1.165, 1.54) is 11.1 Å². The van der Waals surface area contributed by atoms with E-state index in [0.29, 0.717) is 25.3 Å². The number of aryl methyl sites for hydroxylation is 1. The molecule has 7 heteroatoms. The molecular formula is C20H23N3O3S. The van der Waals surface area contributed by atoms with Gasteiger partial charge in [0.15, 0.2) is 9.84 Å². The summed E-state index contributed by atoms with van der Waals surface area (Å²) < 4.78 is 24.7. The number of piperazine rings is 1. The topological polar surface area (TPSA) is 70.6 Å². The number of benzene rings is 1. The second-order valence-corrected chi connectivity index (χ2v) is 9.54. The van der Waals surface area contributed by atoms with Crippen molar-refractivity contribution in [2.45, 2.75) is 25.6 Å². The lowest BCUT2D eigenvalue weighted by molar-refractivity contribution is 0.0301. The number of aromatic nitrogens is 1. The third-order valence-corrected chi connectivity index (χ3v) is 7.10. The summed E-state index contributed by atoms with van der Waals surface area (Å²) in [6.45, 7) is 3.92. The molecule has 1 aromatic carbocycles. The van der Waals surface area contributed by atoms with Crippen LogP contribution in [0.2, 0.25) is 0 Å². The Bertz CT molecular complexity index is 946. The normalized spacial score (nSPS) is 24.6. The van der Waals surface area contributed by atoms with Gasteiger partial charge in [0, 0.05) is 31.9 Å². The van der Waals surface area contributed by atoms with Gasteiger partial charge in [-0.25, -0.2) is 8.42 Å². The molecule has 2 saturated heterocycles. The van der Waals surface area contributed by atoms with Crippen molar-refractivity contribution >= 4 is 15.7 Å². The maximum absolute atomic E-state index is 12.9. The summed E-state index contributed by atoms with van der Waals surface area (Å²) in [5, 5.41) is 0. The second-order valence-electron chi connectivity index (χ2n) is 7.38. The van der Waals surface area contributed by atoms with Gasteiger partial charge in [-0.05, 0) is 24.6 Å². The highest BCUT2D eigenvalue weighted by molar-refractivity contribution is 7.91. The minimum Gasteiger partial charge on any atom is -0.330 e. The van der Waals surface area contributed by atoms with E-state index in [4.69, 9.17) is 0 Å². The third-order valence-electron chi connectivity index (χ3n) is 5.40. The van der Waals surface area contributed by atoms with Crippen LogP contribution in [0.25, 0.3) is 0 Å². The molecular weight excluding hydrogens is 362 g/mol. The molecule has 0 radical (unpaired) electrons. The first kappa shape index (κ1) is 18.1. The molecule has 0 spiro atoms. The van der Waals surface area contributed by atoms with Crippen molar-refractivity contribution in [1.82, 2.24) is 14.8 Å². The molecule has 2 fully saturated rings. The zero-order valence-electron chi connectivity index (χ0n) is 15.3. The van der Waals surface area contributed by atoms with Crippen molar-refractivity contribution in [3.8, 4) is 0 Å². The molecule has 0 aliphatic carbocycles. The molecule has 27 heavy (non-hydrogen) atoms. The maximum Gasteiger partial charge on any atom is 0.272 e. The van der Waals surface area contributed by atoms with E-state index < -0.39 is 9.84 Å². The van der Waals surface area contributed by atoms with Gasteiger partial charge in [-0.3, -0.25) is 14.7 Å². The fraction of sp³-hybridized carbons (Fsp3) is 0.400. The first-order valence-corrected chi connectivity index (χ1v) is 11.0. The summed E-state index contributed by atoms with van der Waals surface area (Å²) in [6.07, 6.45) is 1.59. The Labute approximate surface area is 159 Å². The second kappa shape index (κ2) is 7.05. The SMILES string of the molecule is Cc1cccc(CN2CCN(C(=O)c3ccccn3)[C@H]3CS(=O)(=O)C[C@H]32)c1. The first-order valence-electron chi connectivity index (χ1n) is 9.15. The van der Waals surface area contributed by atoms with Crippen LogP contribution in [0.5, 0.6) is 0 Å². The van der Waals surface area contributed by atoms with Gasteiger partial charge in [-0.2, -0.15) is 0 Å². The minimum atomic E-state index is -3.17. The quantitative estimate of drug-likeness (QED) is 0.801. The number of pyridine rings is 1. The van der Waals surface area contributed by atoms with Crippen molar-refractivity contribution < 1.29 is 13.2 Å². The highest BCUT2D eigenvalue weighted by Gasteiger charge is 2.48. The van der Waals surface area contributed by atoms with Crippen molar-refractivity contribution in [3.63, 3.8) is 0 Å². The van der Waals surface area contributed by atoms with Crippen LogP contribution < -0.4 is 0 Å². The summed E-state index contributed by atoms with van der Waals surface area (Å²) in [5.41, 5.74) is 2.72. The van der Waals surface area contributed by atoms with Crippen LogP contribution in [-0.2, 0) is 16.4 Å². The number of fused-ring (bicyclic) bond motifs is 1. The summed E-state index contributed by atoms with van der Waals surface area (Å²) in [6, 6.07) is 13.0. The van der Waals surface area contributed by atoms with Gasteiger partial charge >= 0.3 is 0 Å². The largest absolute Gasteiger partial charge is 0.330 e. The molecule has 0 bridgehead atoms.